The molecule has 1 atom stereocenters. The maximum atomic E-state index is 6.27. The quantitative estimate of drug-likeness (QED) is 0.650. The predicted molar refractivity (Wildman–Crippen MR) is 106 cm³/mol. The van der Waals surface area contributed by atoms with E-state index in [2.05, 4.69) is 43.9 Å². The fourth-order valence-corrected chi connectivity index (χ4v) is 4.21. The van der Waals surface area contributed by atoms with Gasteiger partial charge in [0.1, 0.15) is 0 Å². The fraction of sp³-hybridized carbons (Fsp3) is 0.857. The third kappa shape index (κ3) is 5.76. The third-order valence-corrected chi connectivity index (χ3v) is 5.87. The van der Waals surface area contributed by atoms with Gasteiger partial charge in [-0.2, -0.15) is 5.10 Å². The van der Waals surface area contributed by atoms with E-state index < -0.39 is 0 Å². The van der Waals surface area contributed by atoms with Gasteiger partial charge in [-0.3, -0.25) is 9.58 Å². The van der Waals surface area contributed by atoms with Crippen LogP contribution in [-0.4, -0.2) is 65.4 Å². The molecule has 27 heavy (non-hydrogen) atoms. The molecule has 0 amide bonds. The molecule has 3 heterocycles. The van der Waals surface area contributed by atoms with E-state index in [1.165, 1.54) is 5.56 Å². The van der Waals surface area contributed by atoms with Crippen molar-refractivity contribution in [2.45, 2.75) is 84.3 Å². The monoisotopic (exact) mass is 379 g/mol. The first-order chi connectivity index (χ1) is 13.0. The molecule has 0 aliphatic carbocycles. The SMILES string of the molecule is CCn1cc(CN2CCC3(CC2)CC(OCCOC(C)C)CCO3)c(C)n1. The van der Waals surface area contributed by atoms with E-state index in [0.717, 1.165) is 64.2 Å². The van der Waals surface area contributed by atoms with Crippen molar-refractivity contribution in [3.8, 4) is 0 Å². The molecule has 2 saturated heterocycles. The van der Waals surface area contributed by atoms with Gasteiger partial charge in [-0.25, -0.2) is 0 Å². The van der Waals surface area contributed by atoms with Crippen molar-refractivity contribution in [3.63, 3.8) is 0 Å². The standard InChI is InChI=1S/C21H37N3O3/c1-5-24-16-19(18(4)22-24)15-23-9-7-21(8-10-23)14-20(6-11-27-21)26-13-12-25-17(2)3/h16-17,20H,5-15H2,1-4H3. The summed E-state index contributed by atoms with van der Waals surface area (Å²) >= 11 is 0. The van der Waals surface area contributed by atoms with Gasteiger partial charge in [-0.05, 0) is 47.0 Å². The minimum atomic E-state index is 0.0148. The molecule has 2 aliphatic heterocycles. The van der Waals surface area contributed by atoms with Gasteiger partial charge in [-0.1, -0.05) is 0 Å². The predicted octanol–water partition coefficient (Wildman–Crippen LogP) is 3.17. The van der Waals surface area contributed by atoms with E-state index in [9.17, 15) is 0 Å². The van der Waals surface area contributed by atoms with Crippen LogP contribution >= 0.6 is 0 Å². The summed E-state index contributed by atoms with van der Waals surface area (Å²) in [7, 11) is 0. The molecule has 0 bridgehead atoms. The van der Waals surface area contributed by atoms with Gasteiger partial charge >= 0.3 is 0 Å². The van der Waals surface area contributed by atoms with Crippen molar-refractivity contribution in [2.24, 2.45) is 0 Å². The van der Waals surface area contributed by atoms with E-state index >= 15 is 0 Å². The fourth-order valence-electron chi connectivity index (χ4n) is 4.21. The molecule has 6 heteroatoms. The van der Waals surface area contributed by atoms with Crippen LogP contribution < -0.4 is 0 Å². The Morgan fingerprint density at radius 1 is 1.30 bits per heavy atom. The van der Waals surface area contributed by atoms with Gasteiger partial charge in [0.25, 0.3) is 0 Å². The molecule has 1 spiro atoms. The number of likely N-dealkylation sites (tertiary alicyclic amines) is 1. The molecule has 1 unspecified atom stereocenters. The van der Waals surface area contributed by atoms with E-state index in [-0.39, 0.29) is 11.7 Å². The molecule has 0 aromatic carbocycles. The highest BCUT2D eigenvalue weighted by Crippen LogP contribution is 2.36. The van der Waals surface area contributed by atoms with Crippen molar-refractivity contribution in [1.82, 2.24) is 14.7 Å². The topological polar surface area (TPSA) is 48.8 Å². The van der Waals surface area contributed by atoms with Crippen molar-refractivity contribution >= 4 is 0 Å². The second-order valence-corrected chi connectivity index (χ2v) is 8.31. The highest BCUT2D eigenvalue weighted by molar-refractivity contribution is 5.15. The molecular formula is C21H37N3O3. The minimum absolute atomic E-state index is 0.0148. The van der Waals surface area contributed by atoms with Crippen LogP contribution in [0.15, 0.2) is 6.20 Å². The molecule has 1 aromatic rings. The van der Waals surface area contributed by atoms with Gasteiger partial charge in [-0.15, -0.1) is 0 Å². The average molecular weight is 380 g/mol. The Balaban J connectivity index is 1.45. The number of aryl methyl sites for hydroxylation is 2. The molecule has 2 aliphatic rings. The van der Waals surface area contributed by atoms with Crippen LogP contribution in [0.25, 0.3) is 0 Å². The molecular weight excluding hydrogens is 342 g/mol. The zero-order valence-electron chi connectivity index (χ0n) is 17.6. The second kappa shape index (κ2) is 9.50. The first-order valence-electron chi connectivity index (χ1n) is 10.6. The van der Waals surface area contributed by atoms with Crippen LogP contribution in [0.3, 0.4) is 0 Å². The maximum Gasteiger partial charge on any atom is 0.0731 e. The van der Waals surface area contributed by atoms with Gasteiger partial charge < -0.3 is 14.2 Å². The van der Waals surface area contributed by atoms with Crippen LogP contribution in [0.1, 0.15) is 57.7 Å². The lowest BCUT2D eigenvalue weighted by molar-refractivity contribution is -0.159. The lowest BCUT2D eigenvalue weighted by Crippen LogP contribution is -2.50. The van der Waals surface area contributed by atoms with Gasteiger partial charge in [0.15, 0.2) is 0 Å². The maximum absolute atomic E-state index is 6.27. The Bertz CT molecular complexity index is 579. The van der Waals surface area contributed by atoms with Gasteiger partial charge in [0.05, 0.1) is 36.7 Å². The Morgan fingerprint density at radius 2 is 2.07 bits per heavy atom. The van der Waals surface area contributed by atoms with Gasteiger partial charge in [0, 0.05) is 51.0 Å². The summed E-state index contributed by atoms with van der Waals surface area (Å²) < 4.78 is 20.0. The number of aromatic nitrogens is 2. The largest absolute Gasteiger partial charge is 0.376 e. The van der Waals surface area contributed by atoms with E-state index in [1.54, 1.807) is 0 Å². The molecule has 0 radical (unpaired) electrons. The lowest BCUT2D eigenvalue weighted by atomic mass is 9.83. The molecule has 3 rings (SSSR count). The number of hydrogen-bond acceptors (Lipinski definition) is 5. The second-order valence-electron chi connectivity index (χ2n) is 8.31. The third-order valence-electron chi connectivity index (χ3n) is 5.87. The summed E-state index contributed by atoms with van der Waals surface area (Å²) in [6.45, 7) is 14.6. The summed E-state index contributed by atoms with van der Waals surface area (Å²) in [5.41, 5.74) is 2.52. The molecule has 154 valence electrons. The first kappa shape index (κ1) is 20.8. The molecule has 2 fully saturated rings. The molecule has 6 nitrogen and oxygen atoms in total. The normalized spacial score (nSPS) is 23.4. The summed E-state index contributed by atoms with van der Waals surface area (Å²) in [5, 5.41) is 4.57. The van der Waals surface area contributed by atoms with Crippen LogP contribution in [-0.2, 0) is 27.3 Å². The van der Waals surface area contributed by atoms with Crippen molar-refractivity contribution < 1.29 is 14.2 Å². The zero-order valence-corrected chi connectivity index (χ0v) is 17.6. The van der Waals surface area contributed by atoms with Crippen molar-refractivity contribution in [2.75, 3.05) is 32.9 Å². The summed E-state index contributed by atoms with van der Waals surface area (Å²) in [6.07, 6.45) is 6.99. The van der Waals surface area contributed by atoms with Gasteiger partial charge in [0.2, 0.25) is 0 Å². The van der Waals surface area contributed by atoms with E-state index in [4.69, 9.17) is 14.2 Å². The van der Waals surface area contributed by atoms with Crippen molar-refractivity contribution in [3.05, 3.63) is 17.5 Å². The molecule has 0 saturated carbocycles. The Kier molecular flexibility index (Phi) is 7.31. The Labute approximate surface area is 164 Å². The number of rotatable bonds is 8. The number of hydrogen-bond donors (Lipinski definition) is 0. The van der Waals surface area contributed by atoms with E-state index in [0.29, 0.717) is 19.3 Å². The van der Waals surface area contributed by atoms with Crippen molar-refractivity contribution in [1.29, 1.82) is 0 Å². The van der Waals surface area contributed by atoms with Crippen LogP contribution in [0, 0.1) is 6.92 Å². The number of nitrogens with zero attached hydrogens (tertiary/aromatic N) is 3. The number of piperidine rings is 1. The summed E-state index contributed by atoms with van der Waals surface area (Å²) in [5.74, 6) is 0. The smallest absolute Gasteiger partial charge is 0.0731 e. The first-order valence-corrected chi connectivity index (χ1v) is 10.6. The molecule has 1 aromatic heterocycles. The number of ether oxygens (including phenoxy) is 3. The molecule has 0 N–H and O–H groups in total. The van der Waals surface area contributed by atoms with Crippen LogP contribution in [0.2, 0.25) is 0 Å². The minimum Gasteiger partial charge on any atom is -0.376 e. The summed E-state index contributed by atoms with van der Waals surface area (Å²) in [4.78, 5) is 2.54. The van der Waals surface area contributed by atoms with E-state index in [1.807, 2.05) is 4.68 Å². The Morgan fingerprint density at radius 3 is 2.74 bits per heavy atom. The highest BCUT2D eigenvalue weighted by atomic mass is 16.5. The highest BCUT2D eigenvalue weighted by Gasteiger charge is 2.40. The Hall–Kier alpha value is -0.950. The van der Waals surface area contributed by atoms with Crippen LogP contribution in [0.4, 0.5) is 0 Å². The lowest BCUT2D eigenvalue weighted by Gasteiger charge is -2.46. The zero-order chi connectivity index (χ0) is 19.3. The average Bonchev–Trinajstić information content (AvgIpc) is 3.01. The summed E-state index contributed by atoms with van der Waals surface area (Å²) in [6, 6.07) is 0. The van der Waals surface area contributed by atoms with Crippen LogP contribution in [0.5, 0.6) is 0 Å².